The molecule has 0 spiro atoms. The summed E-state index contributed by atoms with van der Waals surface area (Å²) in [5.74, 6) is 0.386. The van der Waals surface area contributed by atoms with Gasteiger partial charge in [-0.25, -0.2) is 4.39 Å². The van der Waals surface area contributed by atoms with Crippen LogP contribution < -0.4 is 14.8 Å². The number of carbonyl (C=O) groups is 1. The number of benzene rings is 2. The molecule has 2 aromatic carbocycles. The number of aromatic nitrogens is 2. The molecule has 0 aliphatic heterocycles. The number of methoxy groups -OCH3 is 2. The van der Waals surface area contributed by atoms with Crippen LogP contribution in [0.3, 0.4) is 0 Å². The van der Waals surface area contributed by atoms with Gasteiger partial charge >= 0.3 is 0 Å². The molecule has 1 N–H and O–H groups in total. The molecule has 27 heavy (non-hydrogen) atoms. The standard InChI is InChI=1S/C19H17ClFN3O3/c1-26-14-6-7-15(17(9-14)27-2)19(25)22-18-16(20)11-24(23-18)10-12-4-3-5-13(21)8-12/h3-9,11H,10H2,1-2H3,(H,22,23,25). The molecule has 140 valence electrons. The topological polar surface area (TPSA) is 65.4 Å². The molecule has 1 amide bonds. The summed E-state index contributed by atoms with van der Waals surface area (Å²) < 4.78 is 25.2. The van der Waals surface area contributed by atoms with Crippen LogP contribution in [0.2, 0.25) is 5.02 Å². The molecule has 3 rings (SSSR count). The fourth-order valence-electron chi connectivity index (χ4n) is 2.55. The SMILES string of the molecule is COc1ccc(C(=O)Nc2nn(Cc3cccc(F)c3)cc2Cl)c(OC)c1. The molecule has 0 aliphatic carbocycles. The Morgan fingerprint density at radius 2 is 2.04 bits per heavy atom. The number of hydrogen-bond acceptors (Lipinski definition) is 4. The van der Waals surface area contributed by atoms with Crippen molar-refractivity contribution in [3.63, 3.8) is 0 Å². The van der Waals surface area contributed by atoms with Crippen molar-refractivity contribution in [3.05, 3.63) is 70.6 Å². The van der Waals surface area contributed by atoms with Crippen molar-refractivity contribution in [1.82, 2.24) is 9.78 Å². The van der Waals surface area contributed by atoms with Crippen molar-refractivity contribution in [3.8, 4) is 11.5 Å². The summed E-state index contributed by atoms with van der Waals surface area (Å²) in [7, 11) is 2.99. The lowest BCUT2D eigenvalue weighted by Crippen LogP contribution is -2.14. The Morgan fingerprint density at radius 1 is 1.22 bits per heavy atom. The maximum Gasteiger partial charge on any atom is 0.260 e. The molecule has 0 unspecified atom stereocenters. The number of nitrogens with one attached hydrogen (secondary N) is 1. The van der Waals surface area contributed by atoms with E-state index in [-0.39, 0.29) is 16.7 Å². The molecule has 1 aromatic heterocycles. The van der Waals surface area contributed by atoms with Crippen LogP contribution in [-0.4, -0.2) is 29.9 Å². The van der Waals surface area contributed by atoms with Crippen molar-refractivity contribution in [1.29, 1.82) is 0 Å². The lowest BCUT2D eigenvalue weighted by molar-refractivity contribution is 0.102. The van der Waals surface area contributed by atoms with Crippen molar-refractivity contribution >= 4 is 23.3 Å². The monoisotopic (exact) mass is 389 g/mol. The smallest absolute Gasteiger partial charge is 0.260 e. The average molecular weight is 390 g/mol. The number of halogens is 2. The summed E-state index contributed by atoms with van der Waals surface area (Å²) >= 11 is 6.17. The number of carbonyl (C=O) groups excluding carboxylic acids is 1. The average Bonchev–Trinajstić information content (AvgIpc) is 2.99. The zero-order valence-corrected chi connectivity index (χ0v) is 15.5. The van der Waals surface area contributed by atoms with E-state index in [1.165, 1.54) is 31.0 Å². The van der Waals surface area contributed by atoms with Gasteiger partial charge in [0.2, 0.25) is 0 Å². The third-order valence-electron chi connectivity index (χ3n) is 3.84. The van der Waals surface area contributed by atoms with Crippen LogP contribution in [-0.2, 0) is 6.54 Å². The summed E-state index contributed by atoms with van der Waals surface area (Å²) in [6.07, 6.45) is 1.56. The summed E-state index contributed by atoms with van der Waals surface area (Å²) in [5.41, 5.74) is 1.04. The summed E-state index contributed by atoms with van der Waals surface area (Å²) in [6, 6.07) is 11.0. The van der Waals surface area contributed by atoms with Gasteiger partial charge < -0.3 is 14.8 Å². The first-order valence-electron chi connectivity index (χ1n) is 8.01. The lowest BCUT2D eigenvalue weighted by atomic mass is 10.1. The van der Waals surface area contributed by atoms with E-state index in [0.717, 1.165) is 5.56 Å². The van der Waals surface area contributed by atoms with Gasteiger partial charge in [0, 0.05) is 12.3 Å². The Labute approximate surface area is 160 Å². The van der Waals surface area contributed by atoms with Gasteiger partial charge in [0.25, 0.3) is 5.91 Å². The van der Waals surface area contributed by atoms with Crippen molar-refractivity contribution in [2.24, 2.45) is 0 Å². The molecule has 8 heteroatoms. The molecular weight excluding hydrogens is 373 g/mol. The maximum atomic E-state index is 13.3. The molecule has 0 bridgehead atoms. The van der Waals surface area contributed by atoms with E-state index >= 15 is 0 Å². The van der Waals surface area contributed by atoms with Crippen molar-refractivity contribution < 1.29 is 18.7 Å². The fourth-order valence-corrected chi connectivity index (χ4v) is 2.74. The number of anilines is 1. The molecule has 0 aliphatic rings. The van der Waals surface area contributed by atoms with E-state index in [4.69, 9.17) is 21.1 Å². The molecule has 0 saturated carbocycles. The Bertz CT molecular complexity index is 975. The quantitative estimate of drug-likeness (QED) is 0.692. The van der Waals surface area contributed by atoms with Crippen LogP contribution in [0.4, 0.5) is 10.2 Å². The van der Waals surface area contributed by atoms with Crippen LogP contribution in [0.15, 0.2) is 48.7 Å². The predicted octanol–water partition coefficient (Wildman–Crippen LogP) is 3.99. The second kappa shape index (κ2) is 8.09. The van der Waals surface area contributed by atoms with E-state index in [2.05, 4.69) is 10.4 Å². The second-order valence-electron chi connectivity index (χ2n) is 5.67. The van der Waals surface area contributed by atoms with Gasteiger partial charge in [-0.2, -0.15) is 5.10 Å². The summed E-state index contributed by atoms with van der Waals surface area (Å²) in [6.45, 7) is 0.319. The van der Waals surface area contributed by atoms with Crippen molar-refractivity contribution in [2.75, 3.05) is 19.5 Å². The van der Waals surface area contributed by atoms with E-state index in [1.807, 2.05) is 0 Å². The van der Waals surface area contributed by atoms with Crippen LogP contribution in [0, 0.1) is 5.82 Å². The number of nitrogens with zero attached hydrogens (tertiary/aromatic N) is 2. The molecule has 3 aromatic rings. The minimum absolute atomic E-state index is 0.205. The lowest BCUT2D eigenvalue weighted by Gasteiger charge is -2.10. The highest BCUT2D eigenvalue weighted by Gasteiger charge is 2.17. The van der Waals surface area contributed by atoms with Gasteiger partial charge in [-0.1, -0.05) is 23.7 Å². The normalized spacial score (nSPS) is 10.5. The molecule has 0 fully saturated rings. The Balaban J connectivity index is 1.78. The van der Waals surface area contributed by atoms with Crippen LogP contribution in [0.1, 0.15) is 15.9 Å². The predicted molar refractivity (Wildman–Crippen MR) is 100 cm³/mol. The highest BCUT2D eigenvalue weighted by Crippen LogP contribution is 2.27. The Kier molecular flexibility index (Phi) is 5.61. The molecule has 6 nitrogen and oxygen atoms in total. The summed E-state index contributed by atoms with van der Waals surface area (Å²) in [4.78, 5) is 12.6. The van der Waals surface area contributed by atoms with E-state index in [1.54, 1.807) is 36.5 Å². The zero-order valence-electron chi connectivity index (χ0n) is 14.7. The van der Waals surface area contributed by atoms with Crippen LogP contribution >= 0.6 is 11.6 Å². The number of rotatable bonds is 6. The van der Waals surface area contributed by atoms with Gasteiger partial charge in [-0.3, -0.25) is 9.48 Å². The van der Waals surface area contributed by atoms with E-state index in [0.29, 0.717) is 23.6 Å². The fraction of sp³-hybridized carbons (Fsp3) is 0.158. The number of amides is 1. The first-order chi connectivity index (χ1) is 13.0. The first-order valence-corrected chi connectivity index (χ1v) is 8.38. The highest BCUT2D eigenvalue weighted by molar-refractivity contribution is 6.33. The van der Waals surface area contributed by atoms with Gasteiger partial charge in [0.1, 0.15) is 22.3 Å². The Hall–Kier alpha value is -3.06. The largest absolute Gasteiger partial charge is 0.497 e. The molecule has 1 heterocycles. The minimum atomic E-state index is -0.424. The Morgan fingerprint density at radius 3 is 2.74 bits per heavy atom. The van der Waals surface area contributed by atoms with Gasteiger partial charge in [0.05, 0.1) is 26.3 Å². The maximum absolute atomic E-state index is 13.3. The first kappa shape index (κ1) is 18.7. The number of ether oxygens (including phenoxy) is 2. The second-order valence-corrected chi connectivity index (χ2v) is 6.08. The zero-order chi connectivity index (χ0) is 19.4. The molecule has 0 saturated heterocycles. The number of hydrogen-bond donors (Lipinski definition) is 1. The third kappa shape index (κ3) is 4.38. The highest BCUT2D eigenvalue weighted by atomic mass is 35.5. The van der Waals surface area contributed by atoms with Gasteiger partial charge in [-0.15, -0.1) is 0 Å². The molecular formula is C19H17ClFN3O3. The minimum Gasteiger partial charge on any atom is -0.497 e. The third-order valence-corrected chi connectivity index (χ3v) is 4.11. The summed E-state index contributed by atoms with van der Waals surface area (Å²) in [5, 5.41) is 7.18. The van der Waals surface area contributed by atoms with Crippen molar-refractivity contribution in [2.45, 2.75) is 6.54 Å². The van der Waals surface area contributed by atoms with Crippen LogP contribution in [0.5, 0.6) is 11.5 Å². The van der Waals surface area contributed by atoms with Gasteiger partial charge in [0.15, 0.2) is 5.82 Å². The van der Waals surface area contributed by atoms with Gasteiger partial charge in [-0.05, 0) is 29.8 Å². The van der Waals surface area contributed by atoms with Crippen LogP contribution in [0.25, 0.3) is 0 Å². The molecule has 0 atom stereocenters. The van der Waals surface area contributed by atoms with E-state index in [9.17, 15) is 9.18 Å². The molecule has 0 radical (unpaired) electrons. The van der Waals surface area contributed by atoms with E-state index < -0.39 is 5.91 Å².